The molecule has 0 spiro atoms. The van der Waals surface area contributed by atoms with E-state index in [2.05, 4.69) is 0 Å². The van der Waals surface area contributed by atoms with Gasteiger partial charge < -0.3 is 4.90 Å². The van der Waals surface area contributed by atoms with Crippen molar-refractivity contribution >= 4 is 21.4 Å². The van der Waals surface area contributed by atoms with Gasteiger partial charge in [-0.3, -0.25) is 10.1 Å². The van der Waals surface area contributed by atoms with Crippen molar-refractivity contribution in [2.45, 2.75) is 4.90 Å². The largest absolute Gasteiger partial charge is 0.369 e. The van der Waals surface area contributed by atoms with E-state index in [9.17, 15) is 27.3 Å². The second-order valence-corrected chi connectivity index (χ2v) is 7.68. The quantitative estimate of drug-likeness (QED) is 0.598. The molecule has 2 aromatic carbocycles. The van der Waals surface area contributed by atoms with Crippen molar-refractivity contribution in [3.05, 3.63) is 64.2 Å². The highest BCUT2D eigenvalue weighted by atomic mass is 32.2. The summed E-state index contributed by atoms with van der Waals surface area (Å²) in [6.07, 6.45) is 0. The molecular formula is C16H15F2N3O4S. The second kappa shape index (κ2) is 6.96. The van der Waals surface area contributed by atoms with E-state index in [0.717, 1.165) is 12.1 Å². The Bertz CT molecular complexity index is 944. The Kier molecular flexibility index (Phi) is 4.88. The highest BCUT2D eigenvalue weighted by Crippen LogP contribution is 2.24. The molecular weight excluding hydrogens is 368 g/mol. The van der Waals surface area contributed by atoms with Crippen molar-refractivity contribution in [2.75, 3.05) is 31.1 Å². The lowest BCUT2D eigenvalue weighted by Crippen LogP contribution is -2.48. The zero-order valence-electron chi connectivity index (χ0n) is 13.5. The molecule has 0 aromatic heterocycles. The maximum Gasteiger partial charge on any atom is 0.271 e. The normalized spacial score (nSPS) is 15.8. The lowest BCUT2D eigenvalue weighted by atomic mass is 10.2. The molecule has 0 saturated carbocycles. The minimum absolute atomic E-state index is 0.0423. The van der Waals surface area contributed by atoms with Crippen molar-refractivity contribution < 1.29 is 22.1 Å². The number of sulfonamides is 1. The van der Waals surface area contributed by atoms with Crippen LogP contribution in [0.3, 0.4) is 0 Å². The van der Waals surface area contributed by atoms with Crippen LogP contribution in [0, 0.1) is 21.7 Å². The predicted molar refractivity (Wildman–Crippen MR) is 90.4 cm³/mol. The number of nitrogens with zero attached hydrogens (tertiary/aromatic N) is 3. The number of piperazine rings is 1. The van der Waals surface area contributed by atoms with Crippen LogP contribution >= 0.6 is 0 Å². The molecule has 0 bridgehead atoms. The molecule has 10 heteroatoms. The summed E-state index contributed by atoms with van der Waals surface area (Å²) < 4.78 is 52.7. The average Bonchev–Trinajstić information content (AvgIpc) is 2.64. The predicted octanol–water partition coefficient (Wildman–Crippen LogP) is 2.38. The molecule has 3 rings (SSSR count). The average molecular weight is 383 g/mol. The van der Waals surface area contributed by atoms with Crippen LogP contribution in [0.5, 0.6) is 0 Å². The maximum absolute atomic E-state index is 13.3. The highest BCUT2D eigenvalue weighted by molar-refractivity contribution is 7.89. The van der Waals surface area contributed by atoms with Crippen LogP contribution in [-0.2, 0) is 10.0 Å². The number of nitro benzene ring substituents is 1. The van der Waals surface area contributed by atoms with Crippen molar-refractivity contribution in [2.24, 2.45) is 0 Å². The number of rotatable bonds is 4. The van der Waals surface area contributed by atoms with Gasteiger partial charge in [0.05, 0.1) is 9.82 Å². The first-order valence-electron chi connectivity index (χ1n) is 7.73. The smallest absolute Gasteiger partial charge is 0.271 e. The maximum atomic E-state index is 13.3. The molecule has 0 radical (unpaired) electrons. The molecule has 1 aliphatic heterocycles. The number of hydrogen-bond donors (Lipinski definition) is 0. The third-order valence-corrected chi connectivity index (χ3v) is 6.07. The van der Waals surface area contributed by atoms with Gasteiger partial charge >= 0.3 is 0 Å². The van der Waals surface area contributed by atoms with E-state index in [1.165, 1.54) is 16.4 Å². The first-order chi connectivity index (χ1) is 12.3. The van der Waals surface area contributed by atoms with Crippen LogP contribution in [0.25, 0.3) is 0 Å². The van der Waals surface area contributed by atoms with Crippen LogP contribution in [-0.4, -0.2) is 43.8 Å². The molecule has 1 aliphatic rings. The van der Waals surface area contributed by atoms with E-state index < -0.39 is 26.6 Å². The summed E-state index contributed by atoms with van der Waals surface area (Å²) in [5.74, 6) is -2.33. The van der Waals surface area contributed by atoms with Crippen LogP contribution in [0.15, 0.2) is 47.4 Å². The molecule has 1 fully saturated rings. The van der Waals surface area contributed by atoms with E-state index >= 15 is 0 Å². The summed E-state index contributed by atoms with van der Waals surface area (Å²) in [6, 6.07) is 8.57. The Hall–Kier alpha value is -2.59. The Balaban J connectivity index is 1.74. The summed E-state index contributed by atoms with van der Waals surface area (Å²) >= 11 is 0. The summed E-state index contributed by atoms with van der Waals surface area (Å²) in [5, 5.41) is 10.9. The summed E-state index contributed by atoms with van der Waals surface area (Å²) in [6.45, 7) is 0.905. The molecule has 0 atom stereocenters. The molecule has 1 saturated heterocycles. The standard InChI is InChI=1S/C16H15F2N3O4S/c17-15-5-4-14(11-16(15)18)26(24,25)20-8-6-19(7-9-20)12-2-1-3-13(10-12)21(22)23/h1-5,10-11H,6-9H2. The number of halogens is 2. The number of nitro groups is 1. The lowest BCUT2D eigenvalue weighted by Gasteiger charge is -2.35. The molecule has 0 unspecified atom stereocenters. The van der Waals surface area contributed by atoms with Crippen LogP contribution in [0.1, 0.15) is 0 Å². The lowest BCUT2D eigenvalue weighted by molar-refractivity contribution is -0.384. The van der Waals surface area contributed by atoms with Crippen molar-refractivity contribution in [1.29, 1.82) is 0 Å². The van der Waals surface area contributed by atoms with Gasteiger partial charge in [-0.1, -0.05) is 6.07 Å². The van der Waals surface area contributed by atoms with Gasteiger partial charge in [0.25, 0.3) is 5.69 Å². The van der Waals surface area contributed by atoms with Gasteiger partial charge in [0.1, 0.15) is 0 Å². The molecule has 1 heterocycles. The van der Waals surface area contributed by atoms with Crippen molar-refractivity contribution in [3.8, 4) is 0 Å². The van der Waals surface area contributed by atoms with E-state index in [1.54, 1.807) is 12.1 Å². The third kappa shape index (κ3) is 3.51. The summed E-state index contributed by atoms with van der Waals surface area (Å²) in [5.41, 5.74) is 0.586. The van der Waals surface area contributed by atoms with Gasteiger partial charge in [0, 0.05) is 44.0 Å². The molecule has 7 nitrogen and oxygen atoms in total. The summed E-state index contributed by atoms with van der Waals surface area (Å²) in [4.78, 5) is 11.9. The van der Waals surface area contributed by atoms with E-state index in [-0.39, 0.29) is 23.7 Å². The van der Waals surface area contributed by atoms with Gasteiger partial charge in [0.15, 0.2) is 11.6 Å². The fourth-order valence-electron chi connectivity index (χ4n) is 2.78. The van der Waals surface area contributed by atoms with Gasteiger partial charge in [-0.25, -0.2) is 17.2 Å². The Morgan fingerprint density at radius 1 is 0.962 bits per heavy atom. The number of non-ortho nitro benzene ring substituents is 1. The van der Waals surface area contributed by atoms with Gasteiger partial charge in [-0.2, -0.15) is 4.31 Å². The second-order valence-electron chi connectivity index (χ2n) is 5.74. The first-order valence-corrected chi connectivity index (χ1v) is 9.17. The molecule has 0 amide bonds. The zero-order chi connectivity index (χ0) is 18.9. The number of benzene rings is 2. The van der Waals surface area contributed by atoms with Crippen LogP contribution in [0.4, 0.5) is 20.2 Å². The van der Waals surface area contributed by atoms with E-state index in [4.69, 9.17) is 0 Å². The first kappa shape index (κ1) is 18.2. The SMILES string of the molecule is O=[N+]([O-])c1cccc(N2CCN(S(=O)(=O)c3ccc(F)c(F)c3)CC2)c1. The third-order valence-electron chi connectivity index (χ3n) is 4.17. The van der Waals surface area contributed by atoms with Crippen molar-refractivity contribution in [3.63, 3.8) is 0 Å². The van der Waals surface area contributed by atoms with Gasteiger partial charge in [-0.05, 0) is 24.3 Å². The molecule has 26 heavy (non-hydrogen) atoms. The molecule has 138 valence electrons. The molecule has 0 aliphatic carbocycles. The molecule has 0 N–H and O–H groups in total. The minimum atomic E-state index is -3.94. The Morgan fingerprint density at radius 3 is 2.27 bits per heavy atom. The van der Waals surface area contributed by atoms with Crippen LogP contribution < -0.4 is 4.90 Å². The Labute approximate surface area is 148 Å². The van der Waals surface area contributed by atoms with Gasteiger partial charge in [-0.15, -0.1) is 0 Å². The van der Waals surface area contributed by atoms with Gasteiger partial charge in [0.2, 0.25) is 10.0 Å². The van der Waals surface area contributed by atoms with E-state index in [1.807, 2.05) is 4.90 Å². The zero-order valence-corrected chi connectivity index (χ0v) is 14.3. The van der Waals surface area contributed by atoms with E-state index in [0.29, 0.717) is 24.8 Å². The number of anilines is 1. The summed E-state index contributed by atoms with van der Waals surface area (Å²) in [7, 11) is -3.94. The topological polar surface area (TPSA) is 83.8 Å². The Morgan fingerprint density at radius 2 is 1.65 bits per heavy atom. The minimum Gasteiger partial charge on any atom is -0.369 e. The monoisotopic (exact) mass is 383 g/mol. The fourth-order valence-corrected chi connectivity index (χ4v) is 4.21. The highest BCUT2D eigenvalue weighted by Gasteiger charge is 2.29. The fraction of sp³-hybridized carbons (Fsp3) is 0.250. The molecule has 2 aromatic rings. The van der Waals surface area contributed by atoms with Crippen LogP contribution in [0.2, 0.25) is 0 Å². The van der Waals surface area contributed by atoms with Crippen molar-refractivity contribution in [1.82, 2.24) is 4.31 Å². The number of hydrogen-bond acceptors (Lipinski definition) is 5.